The van der Waals surface area contributed by atoms with Crippen LogP contribution >= 0.6 is 0 Å². The highest BCUT2D eigenvalue weighted by molar-refractivity contribution is 6.11. The molecule has 0 bridgehead atoms. The third-order valence-electron chi connectivity index (χ3n) is 3.85. The van der Waals surface area contributed by atoms with Gasteiger partial charge in [-0.15, -0.1) is 0 Å². The molecule has 3 rings (SSSR count). The van der Waals surface area contributed by atoms with Gasteiger partial charge in [0.05, 0.1) is 6.42 Å². The summed E-state index contributed by atoms with van der Waals surface area (Å²) in [5, 5.41) is 0. The van der Waals surface area contributed by atoms with E-state index in [4.69, 9.17) is 9.47 Å². The number of amides is 2. The van der Waals surface area contributed by atoms with Crippen molar-refractivity contribution in [2.75, 3.05) is 19.8 Å². The minimum Gasteiger partial charge on any atom is -0.490 e. The fourth-order valence-corrected chi connectivity index (χ4v) is 2.58. The van der Waals surface area contributed by atoms with Crippen LogP contribution in [-0.2, 0) is 20.7 Å². The molecule has 0 atom stereocenters. The summed E-state index contributed by atoms with van der Waals surface area (Å²) in [6.45, 7) is -0.423. The Balaban J connectivity index is 1.48. The molecule has 2 aromatic carbocycles. The van der Waals surface area contributed by atoms with Crippen molar-refractivity contribution >= 4 is 17.8 Å². The Kier molecular flexibility index (Phi) is 5.26. The normalized spacial score (nSPS) is 13.3. The molecule has 0 N–H and O–H groups in total. The van der Waals surface area contributed by atoms with E-state index in [0.29, 0.717) is 16.9 Å². The topological polar surface area (TPSA) is 72.9 Å². The fourth-order valence-electron chi connectivity index (χ4n) is 2.58. The van der Waals surface area contributed by atoms with Gasteiger partial charge in [-0.2, -0.15) is 0 Å². The van der Waals surface area contributed by atoms with E-state index in [-0.39, 0.29) is 25.5 Å². The molecule has 0 radical (unpaired) electrons. The van der Waals surface area contributed by atoms with Crippen molar-refractivity contribution in [3.63, 3.8) is 0 Å². The highest BCUT2D eigenvalue weighted by Gasteiger charge is 2.32. The van der Waals surface area contributed by atoms with Crippen molar-refractivity contribution in [1.29, 1.82) is 0 Å². The van der Waals surface area contributed by atoms with E-state index in [2.05, 4.69) is 0 Å². The predicted octanol–water partition coefficient (Wildman–Crippen LogP) is 1.97. The van der Waals surface area contributed by atoms with Gasteiger partial charge in [0.2, 0.25) is 5.91 Å². The van der Waals surface area contributed by atoms with Crippen molar-refractivity contribution < 1.29 is 28.2 Å². The van der Waals surface area contributed by atoms with E-state index in [1.807, 2.05) is 0 Å². The molecule has 1 heterocycles. The number of esters is 1. The number of benzene rings is 2. The van der Waals surface area contributed by atoms with Crippen LogP contribution in [0.3, 0.4) is 0 Å². The molecule has 0 unspecified atom stereocenters. The van der Waals surface area contributed by atoms with Crippen LogP contribution in [0.2, 0.25) is 0 Å². The SMILES string of the molecule is O=C(CN1C(=O)Cc2ccccc2C1=O)OCCOc1ccc(F)cc1. The summed E-state index contributed by atoms with van der Waals surface area (Å²) in [5.74, 6) is -1.57. The summed E-state index contributed by atoms with van der Waals surface area (Å²) in [6.07, 6.45) is 0.0723. The van der Waals surface area contributed by atoms with E-state index >= 15 is 0 Å². The number of hydrogen-bond acceptors (Lipinski definition) is 5. The molecule has 0 aliphatic carbocycles. The standard InChI is InChI=1S/C19H16FNO5/c20-14-5-7-15(8-6-14)25-9-10-26-18(23)12-21-17(22)11-13-3-1-2-4-16(13)19(21)24/h1-8H,9-12H2. The monoisotopic (exact) mass is 357 g/mol. The Morgan fingerprint density at radius 2 is 1.77 bits per heavy atom. The zero-order valence-corrected chi connectivity index (χ0v) is 13.8. The third kappa shape index (κ3) is 4.05. The summed E-state index contributed by atoms with van der Waals surface area (Å²) in [4.78, 5) is 37.2. The van der Waals surface area contributed by atoms with Crippen molar-refractivity contribution in [3.05, 3.63) is 65.5 Å². The molecule has 0 spiro atoms. The molecule has 1 aliphatic heterocycles. The third-order valence-corrected chi connectivity index (χ3v) is 3.85. The summed E-state index contributed by atoms with van der Waals surface area (Å²) in [7, 11) is 0. The lowest BCUT2D eigenvalue weighted by molar-refractivity contribution is -0.148. The van der Waals surface area contributed by atoms with E-state index < -0.39 is 24.3 Å². The van der Waals surface area contributed by atoms with Crippen LogP contribution in [0.1, 0.15) is 15.9 Å². The minimum atomic E-state index is -0.700. The van der Waals surface area contributed by atoms with Crippen LogP contribution in [0.15, 0.2) is 48.5 Å². The number of carbonyl (C=O) groups is 3. The first-order valence-corrected chi connectivity index (χ1v) is 8.01. The highest BCUT2D eigenvalue weighted by atomic mass is 19.1. The lowest BCUT2D eigenvalue weighted by Crippen LogP contribution is -2.45. The van der Waals surface area contributed by atoms with Crippen molar-refractivity contribution in [1.82, 2.24) is 4.90 Å². The highest BCUT2D eigenvalue weighted by Crippen LogP contribution is 2.19. The van der Waals surface area contributed by atoms with Gasteiger partial charge in [0.25, 0.3) is 5.91 Å². The first kappa shape index (κ1) is 17.6. The molecule has 6 nitrogen and oxygen atoms in total. The smallest absolute Gasteiger partial charge is 0.326 e. The van der Waals surface area contributed by atoms with Crippen LogP contribution in [0, 0.1) is 5.82 Å². The summed E-state index contributed by atoms with van der Waals surface area (Å²) in [5.41, 5.74) is 1.07. The zero-order valence-electron chi connectivity index (χ0n) is 13.8. The van der Waals surface area contributed by atoms with Gasteiger partial charge >= 0.3 is 5.97 Å². The molecule has 2 aromatic rings. The predicted molar refractivity (Wildman–Crippen MR) is 89.0 cm³/mol. The fraction of sp³-hybridized carbons (Fsp3) is 0.211. The Bertz CT molecular complexity index is 834. The quantitative estimate of drug-likeness (QED) is 0.449. The van der Waals surface area contributed by atoms with Gasteiger partial charge in [0, 0.05) is 5.56 Å². The van der Waals surface area contributed by atoms with Gasteiger partial charge in [0.15, 0.2) is 0 Å². The molecule has 1 aliphatic rings. The molecule has 0 aromatic heterocycles. The minimum absolute atomic E-state index is 0.0526. The average molecular weight is 357 g/mol. The Morgan fingerprint density at radius 1 is 1.04 bits per heavy atom. The van der Waals surface area contributed by atoms with Gasteiger partial charge in [-0.1, -0.05) is 18.2 Å². The number of imide groups is 1. The summed E-state index contributed by atoms with van der Waals surface area (Å²) >= 11 is 0. The maximum absolute atomic E-state index is 12.8. The number of rotatable bonds is 6. The molecule has 26 heavy (non-hydrogen) atoms. The maximum Gasteiger partial charge on any atom is 0.326 e. The van der Waals surface area contributed by atoms with Gasteiger partial charge in [-0.05, 0) is 35.9 Å². The van der Waals surface area contributed by atoms with Crippen LogP contribution in [0.5, 0.6) is 5.75 Å². The maximum atomic E-state index is 12.8. The molecular formula is C19H16FNO5. The molecule has 134 valence electrons. The van der Waals surface area contributed by atoms with Crippen LogP contribution in [-0.4, -0.2) is 42.4 Å². The summed E-state index contributed by atoms with van der Waals surface area (Å²) in [6, 6.07) is 12.2. The second-order valence-corrected chi connectivity index (χ2v) is 5.64. The Labute approximate surface area is 149 Å². The average Bonchev–Trinajstić information content (AvgIpc) is 2.64. The number of ether oxygens (including phenoxy) is 2. The Hall–Kier alpha value is -3.22. The van der Waals surface area contributed by atoms with Crippen molar-refractivity contribution in [3.8, 4) is 5.75 Å². The van der Waals surface area contributed by atoms with Crippen LogP contribution in [0.4, 0.5) is 4.39 Å². The molecule has 0 fully saturated rings. The zero-order chi connectivity index (χ0) is 18.5. The Morgan fingerprint density at radius 3 is 2.54 bits per heavy atom. The van der Waals surface area contributed by atoms with Crippen molar-refractivity contribution in [2.45, 2.75) is 6.42 Å². The lowest BCUT2D eigenvalue weighted by atomic mass is 9.98. The van der Waals surface area contributed by atoms with Gasteiger partial charge in [-0.3, -0.25) is 19.3 Å². The molecule has 0 saturated heterocycles. The molecule has 7 heteroatoms. The molecule has 0 saturated carbocycles. The number of fused-ring (bicyclic) bond motifs is 1. The first-order chi connectivity index (χ1) is 12.5. The van der Waals surface area contributed by atoms with E-state index in [1.165, 1.54) is 24.3 Å². The second-order valence-electron chi connectivity index (χ2n) is 5.64. The first-order valence-electron chi connectivity index (χ1n) is 8.01. The van der Waals surface area contributed by atoms with Gasteiger partial charge < -0.3 is 9.47 Å². The van der Waals surface area contributed by atoms with Crippen LogP contribution in [0.25, 0.3) is 0 Å². The number of hydrogen-bond donors (Lipinski definition) is 0. The largest absolute Gasteiger partial charge is 0.490 e. The number of nitrogens with zero attached hydrogens (tertiary/aromatic N) is 1. The number of carbonyl (C=O) groups excluding carboxylic acids is 3. The second kappa shape index (κ2) is 7.77. The van der Waals surface area contributed by atoms with Crippen molar-refractivity contribution in [2.24, 2.45) is 0 Å². The van der Waals surface area contributed by atoms with Gasteiger partial charge in [-0.25, -0.2) is 4.39 Å². The van der Waals surface area contributed by atoms with Crippen LogP contribution < -0.4 is 4.74 Å². The van der Waals surface area contributed by atoms with E-state index in [0.717, 1.165) is 4.90 Å². The van der Waals surface area contributed by atoms with Gasteiger partial charge in [0.1, 0.15) is 31.3 Å². The van der Waals surface area contributed by atoms with E-state index in [9.17, 15) is 18.8 Å². The van der Waals surface area contributed by atoms with E-state index in [1.54, 1.807) is 24.3 Å². The summed E-state index contributed by atoms with van der Waals surface area (Å²) < 4.78 is 23.1. The molecular weight excluding hydrogens is 341 g/mol. The molecule has 2 amide bonds. The number of halogens is 1. The lowest BCUT2D eigenvalue weighted by Gasteiger charge is -2.25.